The molecule has 3 aromatic heterocycles. The molecule has 0 saturated carbocycles. The number of morpholine rings is 1. The lowest BCUT2D eigenvalue weighted by Gasteiger charge is -2.35. The van der Waals surface area contributed by atoms with Gasteiger partial charge in [0.05, 0.1) is 24.9 Å². The van der Waals surface area contributed by atoms with E-state index < -0.39 is 17.5 Å². The summed E-state index contributed by atoms with van der Waals surface area (Å²) >= 11 is 0. The van der Waals surface area contributed by atoms with Crippen molar-refractivity contribution in [1.82, 2.24) is 19.9 Å². The Morgan fingerprint density at radius 3 is 2.79 bits per heavy atom. The summed E-state index contributed by atoms with van der Waals surface area (Å²) in [7, 11) is 0. The molecule has 1 fully saturated rings. The number of pyridine rings is 1. The highest BCUT2D eigenvalue weighted by Gasteiger charge is 2.52. The molecule has 10 heteroatoms. The number of hydrogen-bond acceptors (Lipinski definition) is 6. The van der Waals surface area contributed by atoms with Gasteiger partial charge in [-0.25, -0.2) is 15.0 Å². The minimum atomic E-state index is -4.89. The molecule has 2 atom stereocenters. The number of rotatable bonds is 3. The third-order valence-corrected chi connectivity index (χ3v) is 5.13. The lowest BCUT2D eigenvalue weighted by atomic mass is 10.0. The van der Waals surface area contributed by atoms with Crippen LogP contribution in [0.25, 0.3) is 22.4 Å². The minimum absolute atomic E-state index is 0.0834. The zero-order chi connectivity index (χ0) is 20.8. The standard InChI is InChI=1S/C19H20F3N5O2/c1-11-10-29-8-7-27(11)15-9-14(18(2,28)19(20,21)22)25-17(26-15)13-4-6-24-16-12(13)3-5-23-16/h3-6,9,11,28H,7-8,10H2,1-2H3,(H,23,24). The zero-order valence-electron chi connectivity index (χ0n) is 15.9. The van der Waals surface area contributed by atoms with Crippen molar-refractivity contribution in [1.29, 1.82) is 0 Å². The van der Waals surface area contributed by atoms with Gasteiger partial charge in [-0.2, -0.15) is 13.2 Å². The molecule has 29 heavy (non-hydrogen) atoms. The maximum Gasteiger partial charge on any atom is 0.422 e. The van der Waals surface area contributed by atoms with E-state index in [4.69, 9.17) is 4.74 Å². The Bertz CT molecular complexity index is 1030. The molecule has 0 amide bonds. The first-order valence-corrected chi connectivity index (χ1v) is 9.14. The summed E-state index contributed by atoms with van der Waals surface area (Å²) in [6.07, 6.45) is -1.68. The van der Waals surface area contributed by atoms with Crippen LogP contribution < -0.4 is 4.90 Å². The van der Waals surface area contributed by atoms with Crippen LogP contribution in [-0.4, -0.2) is 57.0 Å². The topological polar surface area (TPSA) is 87.2 Å². The van der Waals surface area contributed by atoms with Crippen molar-refractivity contribution < 1.29 is 23.0 Å². The summed E-state index contributed by atoms with van der Waals surface area (Å²) in [5.74, 6) is 0.401. The largest absolute Gasteiger partial charge is 0.422 e. The van der Waals surface area contributed by atoms with Crippen molar-refractivity contribution in [3.8, 4) is 11.4 Å². The molecule has 1 aliphatic heterocycles. The van der Waals surface area contributed by atoms with Crippen LogP contribution in [0.3, 0.4) is 0 Å². The fourth-order valence-electron chi connectivity index (χ4n) is 3.32. The number of ether oxygens (including phenoxy) is 1. The highest BCUT2D eigenvalue weighted by molar-refractivity contribution is 5.91. The summed E-state index contributed by atoms with van der Waals surface area (Å²) in [4.78, 5) is 17.7. The van der Waals surface area contributed by atoms with E-state index in [1.54, 1.807) is 18.3 Å². The highest BCUT2D eigenvalue weighted by atomic mass is 19.4. The quantitative estimate of drug-likeness (QED) is 0.694. The Balaban J connectivity index is 1.92. The maximum absolute atomic E-state index is 13.5. The van der Waals surface area contributed by atoms with E-state index in [9.17, 15) is 18.3 Å². The number of halogens is 3. The van der Waals surface area contributed by atoms with E-state index in [2.05, 4.69) is 19.9 Å². The Kier molecular flexibility index (Phi) is 4.70. The molecule has 0 aromatic carbocycles. The van der Waals surface area contributed by atoms with Gasteiger partial charge in [0.25, 0.3) is 0 Å². The van der Waals surface area contributed by atoms with Crippen LogP contribution in [0, 0.1) is 0 Å². The molecule has 1 aliphatic rings. The molecule has 1 saturated heterocycles. The van der Waals surface area contributed by atoms with Gasteiger partial charge in [0.1, 0.15) is 11.5 Å². The summed E-state index contributed by atoms with van der Waals surface area (Å²) in [5.41, 5.74) is -2.54. The first-order chi connectivity index (χ1) is 13.7. The van der Waals surface area contributed by atoms with Crippen LogP contribution in [0.1, 0.15) is 19.5 Å². The molecule has 3 aromatic rings. The molecule has 0 aliphatic carbocycles. The number of aromatic nitrogens is 4. The maximum atomic E-state index is 13.5. The molecule has 7 nitrogen and oxygen atoms in total. The number of H-pyrrole nitrogens is 1. The first-order valence-electron chi connectivity index (χ1n) is 9.14. The Morgan fingerprint density at radius 2 is 2.07 bits per heavy atom. The summed E-state index contributed by atoms with van der Waals surface area (Å²) in [6.45, 7) is 3.94. The number of aromatic amines is 1. The molecular formula is C19H20F3N5O2. The van der Waals surface area contributed by atoms with E-state index in [-0.39, 0.29) is 11.9 Å². The van der Waals surface area contributed by atoms with Crippen LogP contribution in [0.15, 0.2) is 30.6 Å². The van der Waals surface area contributed by atoms with Crippen molar-refractivity contribution in [3.63, 3.8) is 0 Å². The van der Waals surface area contributed by atoms with Crippen LogP contribution >= 0.6 is 0 Å². The number of aliphatic hydroxyl groups is 1. The third-order valence-electron chi connectivity index (χ3n) is 5.13. The van der Waals surface area contributed by atoms with Crippen LogP contribution in [0.4, 0.5) is 19.0 Å². The van der Waals surface area contributed by atoms with Crippen molar-refractivity contribution in [3.05, 3.63) is 36.3 Å². The lowest BCUT2D eigenvalue weighted by molar-refractivity contribution is -0.260. The van der Waals surface area contributed by atoms with Gasteiger partial charge in [-0.15, -0.1) is 0 Å². The van der Waals surface area contributed by atoms with Crippen LogP contribution in [0.5, 0.6) is 0 Å². The molecule has 4 rings (SSSR count). The van der Waals surface area contributed by atoms with Crippen molar-refractivity contribution in [2.24, 2.45) is 0 Å². The second-order valence-electron chi connectivity index (χ2n) is 7.22. The van der Waals surface area contributed by atoms with Gasteiger partial charge in [-0.3, -0.25) is 0 Å². The second kappa shape index (κ2) is 6.96. The Hall–Kier alpha value is -2.72. The SMILES string of the molecule is CC1COCCN1c1cc(C(C)(O)C(F)(F)F)nc(-c2ccnc3[nH]ccc23)n1. The normalized spacial score (nSPS) is 20.1. The second-order valence-corrected chi connectivity index (χ2v) is 7.22. The fraction of sp³-hybridized carbons (Fsp3) is 0.421. The van der Waals surface area contributed by atoms with Gasteiger partial charge in [-0.1, -0.05) is 0 Å². The van der Waals surface area contributed by atoms with E-state index >= 15 is 0 Å². The van der Waals surface area contributed by atoms with Crippen molar-refractivity contribution in [2.75, 3.05) is 24.7 Å². The Morgan fingerprint density at radius 1 is 1.28 bits per heavy atom. The molecule has 2 N–H and O–H groups in total. The number of fused-ring (bicyclic) bond motifs is 1. The van der Waals surface area contributed by atoms with Crippen LogP contribution in [-0.2, 0) is 10.3 Å². The summed E-state index contributed by atoms with van der Waals surface area (Å²) in [6, 6.07) is 4.52. The van der Waals surface area contributed by atoms with E-state index in [1.807, 2.05) is 11.8 Å². The number of alkyl halides is 3. The molecule has 2 unspecified atom stereocenters. The van der Waals surface area contributed by atoms with Crippen molar-refractivity contribution in [2.45, 2.75) is 31.7 Å². The van der Waals surface area contributed by atoms with Gasteiger partial charge >= 0.3 is 6.18 Å². The monoisotopic (exact) mass is 407 g/mol. The van der Waals surface area contributed by atoms with Gasteiger partial charge in [0, 0.05) is 36.0 Å². The summed E-state index contributed by atoms with van der Waals surface area (Å²) in [5, 5.41) is 11.0. The average molecular weight is 407 g/mol. The van der Waals surface area contributed by atoms with Crippen molar-refractivity contribution >= 4 is 16.9 Å². The molecule has 0 radical (unpaired) electrons. The van der Waals surface area contributed by atoms with E-state index in [0.29, 0.717) is 49.1 Å². The van der Waals surface area contributed by atoms with Gasteiger partial charge in [-0.05, 0) is 26.0 Å². The first kappa shape index (κ1) is 19.6. The number of anilines is 1. The molecule has 0 bridgehead atoms. The van der Waals surface area contributed by atoms with E-state index in [0.717, 1.165) is 0 Å². The number of nitrogens with zero attached hydrogens (tertiary/aromatic N) is 4. The average Bonchev–Trinajstić information content (AvgIpc) is 3.16. The van der Waals surface area contributed by atoms with Gasteiger partial charge in [0.2, 0.25) is 0 Å². The summed E-state index contributed by atoms with van der Waals surface area (Å²) < 4.78 is 46.1. The predicted molar refractivity (Wildman–Crippen MR) is 100 cm³/mol. The molecule has 0 spiro atoms. The van der Waals surface area contributed by atoms with E-state index in [1.165, 1.54) is 12.3 Å². The van der Waals surface area contributed by atoms with Gasteiger partial charge in [0.15, 0.2) is 11.4 Å². The smallest absolute Gasteiger partial charge is 0.377 e. The highest BCUT2D eigenvalue weighted by Crippen LogP contribution is 2.39. The molecule has 4 heterocycles. The number of nitrogens with one attached hydrogen (secondary N) is 1. The molecule has 154 valence electrons. The lowest BCUT2D eigenvalue weighted by Crippen LogP contribution is -2.45. The molecular weight excluding hydrogens is 387 g/mol. The Labute approximate surface area is 164 Å². The van der Waals surface area contributed by atoms with Crippen LogP contribution in [0.2, 0.25) is 0 Å². The van der Waals surface area contributed by atoms with Gasteiger partial charge < -0.3 is 19.7 Å². The fourth-order valence-corrected chi connectivity index (χ4v) is 3.32. The number of hydrogen-bond donors (Lipinski definition) is 2. The third kappa shape index (κ3) is 3.42. The minimum Gasteiger partial charge on any atom is -0.377 e. The predicted octanol–water partition coefficient (Wildman–Crippen LogP) is 3.01. The zero-order valence-corrected chi connectivity index (χ0v) is 15.9.